The van der Waals surface area contributed by atoms with E-state index >= 15 is 0 Å². The maximum absolute atomic E-state index is 11.5. The summed E-state index contributed by atoms with van der Waals surface area (Å²) in [6.07, 6.45) is 3.76. The summed E-state index contributed by atoms with van der Waals surface area (Å²) in [5.41, 5.74) is 0. The van der Waals surface area contributed by atoms with E-state index in [1.54, 1.807) is 12.3 Å². The van der Waals surface area contributed by atoms with Crippen LogP contribution in [0.15, 0.2) is 12.3 Å². The lowest BCUT2D eigenvalue weighted by Crippen LogP contribution is -2.14. The molecule has 4 heteroatoms. The number of nitrogens with one attached hydrogen (secondary N) is 2. The fourth-order valence-corrected chi connectivity index (χ4v) is 1.57. The van der Waals surface area contributed by atoms with Crippen molar-refractivity contribution in [2.75, 3.05) is 5.32 Å². The maximum atomic E-state index is 11.5. The molecule has 1 aromatic rings. The van der Waals surface area contributed by atoms with Crippen LogP contribution in [-0.4, -0.2) is 16.1 Å². The molecule has 2 unspecified atom stereocenters. The van der Waals surface area contributed by atoms with Crippen molar-refractivity contribution in [2.24, 2.45) is 11.8 Å². The second-order valence-corrected chi connectivity index (χ2v) is 3.47. The quantitative estimate of drug-likeness (QED) is 0.736. The number of hydrogen-bond donors (Lipinski definition) is 2. The lowest BCUT2D eigenvalue weighted by atomic mass is 10.2. The zero-order valence-electron chi connectivity index (χ0n) is 7.58. The molecule has 2 N–H and O–H groups in total. The van der Waals surface area contributed by atoms with Crippen molar-refractivity contribution in [3.05, 3.63) is 12.3 Å². The first kappa shape index (κ1) is 8.29. The van der Waals surface area contributed by atoms with Crippen molar-refractivity contribution in [2.45, 2.75) is 19.8 Å². The number of amides is 1. The number of carbonyl (C=O) groups excluding carboxylic acids is 1. The monoisotopic (exact) mass is 179 g/mol. The predicted molar refractivity (Wildman–Crippen MR) is 49.1 cm³/mol. The molecule has 1 aliphatic carbocycles. The van der Waals surface area contributed by atoms with E-state index in [-0.39, 0.29) is 11.8 Å². The van der Waals surface area contributed by atoms with Gasteiger partial charge in [0, 0.05) is 12.0 Å². The normalized spacial score (nSPS) is 25.6. The van der Waals surface area contributed by atoms with E-state index in [1.807, 2.05) is 0 Å². The van der Waals surface area contributed by atoms with Crippen molar-refractivity contribution >= 4 is 11.7 Å². The van der Waals surface area contributed by atoms with Gasteiger partial charge in [-0.3, -0.25) is 9.89 Å². The molecule has 70 valence electrons. The third kappa shape index (κ3) is 1.71. The summed E-state index contributed by atoms with van der Waals surface area (Å²) >= 11 is 0. The lowest BCUT2D eigenvalue weighted by Gasteiger charge is -1.99. The van der Waals surface area contributed by atoms with Gasteiger partial charge >= 0.3 is 0 Å². The van der Waals surface area contributed by atoms with Crippen LogP contribution in [0.2, 0.25) is 0 Å². The summed E-state index contributed by atoms with van der Waals surface area (Å²) in [6, 6.07) is 1.75. The standard InChI is InChI=1S/C9H13N3O/c1-2-6-5-7(6)9(13)11-8-3-4-10-12-8/h3-4,6-7H,2,5H2,1H3,(H2,10,11,12,13). The molecule has 0 aliphatic heterocycles. The molecule has 0 saturated heterocycles. The molecule has 0 aromatic carbocycles. The van der Waals surface area contributed by atoms with Crippen LogP contribution in [0.25, 0.3) is 0 Å². The average molecular weight is 179 g/mol. The molecule has 13 heavy (non-hydrogen) atoms. The topological polar surface area (TPSA) is 57.8 Å². The number of nitrogens with zero attached hydrogens (tertiary/aromatic N) is 1. The minimum absolute atomic E-state index is 0.121. The smallest absolute Gasteiger partial charge is 0.228 e. The zero-order valence-corrected chi connectivity index (χ0v) is 7.58. The van der Waals surface area contributed by atoms with Crippen LogP contribution in [0.5, 0.6) is 0 Å². The highest BCUT2D eigenvalue weighted by Crippen LogP contribution is 2.41. The van der Waals surface area contributed by atoms with Gasteiger partial charge in [0.05, 0.1) is 6.20 Å². The lowest BCUT2D eigenvalue weighted by molar-refractivity contribution is -0.117. The second-order valence-electron chi connectivity index (χ2n) is 3.47. The molecule has 1 amide bonds. The Labute approximate surface area is 76.7 Å². The van der Waals surface area contributed by atoms with Gasteiger partial charge in [-0.1, -0.05) is 13.3 Å². The molecule has 1 saturated carbocycles. The molecule has 1 aromatic heterocycles. The number of carbonyl (C=O) groups is 1. The summed E-state index contributed by atoms with van der Waals surface area (Å²) in [4.78, 5) is 11.5. The first-order chi connectivity index (χ1) is 6.31. The molecule has 1 fully saturated rings. The summed E-state index contributed by atoms with van der Waals surface area (Å²) in [5.74, 6) is 1.64. The van der Waals surface area contributed by atoms with Crippen molar-refractivity contribution in [1.29, 1.82) is 0 Å². The highest BCUT2D eigenvalue weighted by Gasteiger charge is 2.41. The molecule has 0 radical (unpaired) electrons. The van der Waals surface area contributed by atoms with Gasteiger partial charge in [0.2, 0.25) is 5.91 Å². The number of anilines is 1. The van der Waals surface area contributed by atoms with E-state index in [1.165, 1.54) is 0 Å². The summed E-state index contributed by atoms with van der Waals surface area (Å²) in [5, 5.41) is 9.25. The fraction of sp³-hybridized carbons (Fsp3) is 0.556. The molecule has 4 nitrogen and oxygen atoms in total. The number of aromatic amines is 1. The molecule has 2 rings (SSSR count). The summed E-state index contributed by atoms with van der Waals surface area (Å²) < 4.78 is 0. The predicted octanol–water partition coefficient (Wildman–Crippen LogP) is 1.39. The van der Waals surface area contributed by atoms with Gasteiger partial charge in [0.15, 0.2) is 0 Å². The van der Waals surface area contributed by atoms with Gasteiger partial charge in [0.25, 0.3) is 0 Å². The molecule has 2 atom stereocenters. The average Bonchev–Trinajstić information content (AvgIpc) is 2.77. The summed E-state index contributed by atoms with van der Waals surface area (Å²) in [7, 11) is 0. The number of hydrogen-bond acceptors (Lipinski definition) is 2. The van der Waals surface area contributed by atoms with Crippen LogP contribution < -0.4 is 5.32 Å². The van der Waals surface area contributed by atoms with Crippen LogP contribution in [0.4, 0.5) is 5.82 Å². The molecular weight excluding hydrogens is 166 g/mol. The van der Waals surface area contributed by atoms with Crippen molar-refractivity contribution in [3.63, 3.8) is 0 Å². The van der Waals surface area contributed by atoms with E-state index in [2.05, 4.69) is 22.4 Å². The molecule has 1 aliphatic rings. The number of aromatic nitrogens is 2. The minimum Gasteiger partial charge on any atom is -0.311 e. The molecular formula is C9H13N3O. The third-order valence-corrected chi connectivity index (χ3v) is 2.54. The maximum Gasteiger partial charge on any atom is 0.228 e. The second kappa shape index (κ2) is 3.20. The van der Waals surface area contributed by atoms with Gasteiger partial charge in [0.1, 0.15) is 5.82 Å². The highest BCUT2D eigenvalue weighted by atomic mass is 16.2. The largest absolute Gasteiger partial charge is 0.311 e. The Morgan fingerprint density at radius 2 is 2.69 bits per heavy atom. The van der Waals surface area contributed by atoms with Gasteiger partial charge in [-0.2, -0.15) is 5.10 Å². The van der Waals surface area contributed by atoms with Crippen molar-refractivity contribution in [1.82, 2.24) is 10.2 Å². The van der Waals surface area contributed by atoms with Crippen molar-refractivity contribution < 1.29 is 4.79 Å². The van der Waals surface area contributed by atoms with E-state index in [0.717, 1.165) is 12.8 Å². The van der Waals surface area contributed by atoms with Gasteiger partial charge in [-0.05, 0) is 12.3 Å². The van der Waals surface area contributed by atoms with Gasteiger partial charge in [-0.15, -0.1) is 0 Å². The number of rotatable bonds is 3. The van der Waals surface area contributed by atoms with E-state index < -0.39 is 0 Å². The van der Waals surface area contributed by atoms with Crippen LogP contribution in [0, 0.1) is 11.8 Å². The highest BCUT2D eigenvalue weighted by molar-refractivity contribution is 5.93. The minimum atomic E-state index is 0.121. The third-order valence-electron chi connectivity index (χ3n) is 2.54. The van der Waals surface area contributed by atoms with E-state index in [0.29, 0.717) is 11.7 Å². The Kier molecular flexibility index (Phi) is 2.04. The first-order valence-corrected chi connectivity index (χ1v) is 4.61. The SMILES string of the molecule is CCC1CC1C(=O)Nc1ccn[nH]1. The van der Waals surface area contributed by atoms with Crippen molar-refractivity contribution in [3.8, 4) is 0 Å². The Morgan fingerprint density at radius 1 is 1.85 bits per heavy atom. The molecule has 0 bridgehead atoms. The first-order valence-electron chi connectivity index (χ1n) is 4.61. The molecule has 0 spiro atoms. The summed E-state index contributed by atoms with van der Waals surface area (Å²) in [6.45, 7) is 2.12. The Hall–Kier alpha value is -1.32. The molecule has 1 heterocycles. The Balaban J connectivity index is 1.87. The van der Waals surface area contributed by atoms with Gasteiger partial charge < -0.3 is 5.32 Å². The van der Waals surface area contributed by atoms with E-state index in [4.69, 9.17) is 0 Å². The van der Waals surface area contributed by atoms with Crippen LogP contribution >= 0.6 is 0 Å². The van der Waals surface area contributed by atoms with Crippen LogP contribution in [0.1, 0.15) is 19.8 Å². The Morgan fingerprint density at radius 3 is 3.23 bits per heavy atom. The zero-order chi connectivity index (χ0) is 9.26. The van der Waals surface area contributed by atoms with Crippen LogP contribution in [0.3, 0.4) is 0 Å². The van der Waals surface area contributed by atoms with E-state index in [9.17, 15) is 4.79 Å². The van der Waals surface area contributed by atoms with Crippen LogP contribution in [-0.2, 0) is 4.79 Å². The fourth-order valence-electron chi connectivity index (χ4n) is 1.57. The number of H-pyrrole nitrogens is 1. The Bertz CT molecular complexity index is 294. The van der Waals surface area contributed by atoms with Gasteiger partial charge in [-0.25, -0.2) is 0 Å².